The minimum Gasteiger partial charge on any atom is -0.468 e. The molecule has 1 unspecified atom stereocenters. The smallest absolute Gasteiger partial charge is 0.324 e. The molecule has 1 aromatic rings. The molecule has 2 nitrogen and oxygen atoms in total. The molecular formula is C11H12ClFO2. The maximum Gasteiger partial charge on any atom is 0.324 e. The van der Waals surface area contributed by atoms with Gasteiger partial charge in [-0.15, -0.1) is 11.6 Å². The molecule has 0 heterocycles. The van der Waals surface area contributed by atoms with Crippen molar-refractivity contribution in [2.24, 2.45) is 0 Å². The summed E-state index contributed by atoms with van der Waals surface area (Å²) in [5.74, 6) is -0.735. The molecule has 4 heteroatoms. The highest BCUT2D eigenvalue weighted by Crippen LogP contribution is 2.13. The van der Waals surface area contributed by atoms with Gasteiger partial charge in [0.25, 0.3) is 0 Å². The van der Waals surface area contributed by atoms with E-state index in [0.717, 1.165) is 5.56 Å². The summed E-state index contributed by atoms with van der Waals surface area (Å²) in [5, 5.41) is -0.722. The van der Waals surface area contributed by atoms with Gasteiger partial charge in [0.2, 0.25) is 0 Å². The largest absolute Gasteiger partial charge is 0.468 e. The zero-order chi connectivity index (χ0) is 11.4. The Morgan fingerprint density at radius 3 is 2.80 bits per heavy atom. The Morgan fingerprint density at radius 2 is 2.27 bits per heavy atom. The van der Waals surface area contributed by atoms with E-state index in [1.54, 1.807) is 19.1 Å². The summed E-state index contributed by atoms with van der Waals surface area (Å²) in [6.45, 7) is 1.67. The second-order valence-corrected chi connectivity index (χ2v) is 3.81. The molecule has 15 heavy (non-hydrogen) atoms. The number of hydrogen-bond acceptors (Lipinski definition) is 2. The molecule has 1 rings (SSSR count). The summed E-state index contributed by atoms with van der Waals surface area (Å²) in [7, 11) is 1.29. The lowest BCUT2D eigenvalue weighted by atomic mass is 10.1. The number of aryl methyl sites for hydroxylation is 1. The molecule has 0 amide bonds. The fraction of sp³-hybridized carbons (Fsp3) is 0.364. The number of methoxy groups -OCH3 is 1. The monoisotopic (exact) mass is 230 g/mol. The van der Waals surface area contributed by atoms with Gasteiger partial charge in [0.15, 0.2) is 0 Å². The first-order valence-electron chi connectivity index (χ1n) is 4.51. The minimum absolute atomic E-state index is 0.261. The van der Waals surface area contributed by atoms with Crippen LogP contribution < -0.4 is 0 Å². The van der Waals surface area contributed by atoms with Crippen molar-refractivity contribution in [3.63, 3.8) is 0 Å². The molecule has 0 aliphatic rings. The number of carbonyl (C=O) groups is 1. The van der Waals surface area contributed by atoms with Crippen molar-refractivity contribution in [1.29, 1.82) is 0 Å². The van der Waals surface area contributed by atoms with E-state index in [2.05, 4.69) is 4.74 Å². The highest BCUT2D eigenvalue weighted by Gasteiger charge is 2.16. The Bertz CT molecular complexity index is 366. The minimum atomic E-state index is -0.722. The van der Waals surface area contributed by atoms with Gasteiger partial charge in [0.1, 0.15) is 11.2 Å². The number of ether oxygens (including phenoxy) is 1. The van der Waals surface area contributed by atoms with Gasteiger partial charge in [-0.3, -0.25) is 4.79 Å². The van der Waals surface area contributed by atoms with Crippen molar-refractivity contribution in [3.05, 3.63) is 35.1 Å². The first-order valence-corrected chi connectivity index (χ1v) is 4.95. The molecule has 0 radical (unpaired) electrons. The number of carbonyl (C=O) groups excluding carboxylic acids is 1. The third-order valence-electron chi connectivity index (χ3n) is 2.09. The molecule has 0 spiro atoms. The summed E-state index contributed by atoms with van der Waals surface area (Å²) >= 11 is 5.79. The first kappa shape index (κ1) is 12.0. The topological polar surface area (TPSA) is 26.3 Å². The predicted molar refractivity (Wildman–Crippen MR) is 56.5 cm³/mol. The third-order valence-corrected chi connectivity index (χ3v) is 2.43. The van der Waals surface area contributed by atoms with Crippen molar-refractivity contribution in [1.82, 2.24) is 0 Å². The number of rotatable bonds is 3. The average Bonchev–Trinajstić information content (AvgIpc) is 2.22. The van der Waals surface area contributed by atoms with Gasteiger partial charge in [0.05, 0.1) is 7.11 Å². The first-order chi connectivity index (χ1) is 7.04. The standard InChI is InChI=1S/C11H12ClFO2/c1-7-5-8(3-4-10(7)13)6-9(12)11(14)15-2/h3-5,9H,6H2,1-2H3. The van der Waals surface area contributed by atoms with E-state index < -0.39 is 11.3 Å². The predicted octanol–water partition coefficient (Wildman–Crippen LogP) is 2.46. The van der Waals surface area contributed by atoms with Gasteiger partial charge in [0, 0.05) is 0 Å². The Labute approximate surface area is 93.0 Å². The van der Waals surface area contributed by atoms with E-state index in [0.29, 0.717) is 12.0 Å². The van der Waals surface area contributed by atoms with E-state index in [1.807, 2.05) is 0 Å². The summed E-state index contributed by atoms with van der Waals surface area (Å²) in [4.78, 5) is 11.0. The van der Waals surface area contributed by atoms with Gasteiger partial charge < -0.3 is 4.74 Å². The highest BCUT2D eigenvalue weighted by molar-refractivity contribution is 6.30. The maximum absolute atomic E-state index is 12.9. The summed E-state index contributed by atoms with van der Waals surface area (Å²) in [5.41, 5.74) is 1.36. The maximum atomic E-state index is 12.9. The van der Waals surface area contributed by atoms with E-state index >= 15 is 0 Å². The van der Waals surface area contributed by atoms with Gasteiger partial charge in [-0.2, -0.15) is 0 Å². The van der Waals surface area contributed by atoms with Crippen LogP contribution >= 0.6 is 11.6 Å². The van der Waals surface area contributed by atoms with Crippen molar-refractivity contribution in [2.45, 2.75) is 18.7 Å². The van der Waals surface area contributed by atoms with Crippen LogP contribution in [0.5, 0.6) is 0 Å². The molecular weight excluding hydrogens is 219 g/mol. The Kier molecular flexibility index (Phi) is 4.09. The molecule has 1 atom stereocenters. The van der Waals surface area contributed by atoms with E-state index in [9.17, 15) is 9.18 Å². The fourth-order valence-corrected chi connectivity index (χ4v) is 1.52. The lowest BCUT2D eigenvalue weighted by Crippen LogP contribution is -2.18. The number of benzene rings is 1. The van der Waals surface area contributed by atoms with Crippen molar-refractivity contribution >= 4 is 17.6 Å². The Balaban J connectivity index is 2.73. The van der Waals surface area contributed by atoms with Crippen LogP contribution in [0.4, 0.5) is 4.39 Å². The fourth-order valence-electron chi connectivity index (χ4n) is 1.25. The normalized spacial score (nSPS) is 12.3. The van der Waals surface area contributed by atoms with Crippen molar-refractivity contribution in [3.8, 4) is 0 Å². The van der Waals surface area contributed by atoms with E-state index in [-0.39, 0.29) is 5.82 Å². The van der Waals surface area contributed by atoms with Crippen molar-refractivity contribution < 1.29 is 13.9 Å². The average molecular weight is 231 g/mol. The lowest BCUT2D eigenvalue weighted by Gasteiger charge is -2.07. The van der Waals surface area contributed by atoms with Gasteiger partial charge >= 0.3 is 5.97 Å². The molecule has 0 bridgehead atoms. The molecule has 0 saturated carbocycles. The number of hydrogen-bond donors (Lipinski definition) is 0. The third kappa shape index (κ3) is 3.20. The van der Waals surface area contributed by atoms with Crippen LogP contribution in [0.2, 0.25) is 0 Å². The summed E-state index contributed by atoms with van der Waals surface area (Å²) in [6.07, 6.45) is 0.343. The van der Waals surface area contributed by atoms with E-state index in [4.69, 9.17) is 11.6 Å². The van der Waals surface area contributed by atoms with Gasteiger partial charge in [-0.05, 0) is 30.5 Å². The van der Waals surface area contributed by atoms with Crippen LogP contribution in [-0.2, 0) is 16.0 Å². The second kappa shape index (κ2) is 5.12. The molecule has 0 N–H and O–H groups in total. The number of esters is 1. The van der Waals surface area contributed by atoms with Crippen molar-refractivity contribution in [2.75, 3.05) is 7.11 Å². The van der Waals surface area contributed by atoms with Crippen LogP contribution in [0.15, 0.2) is 18.2 Å². The molecule has 0 aliphatic carbocycles. The SMILES string of the molecule is COC(=O)C(Cl)Cc1ccc(F)c(C)c1. The zero-order valence-corrected chi connectivity index (χ0v) is 9.34. The molecule has 0 aliphatic heterocycles. The second-order valence-electron chi connectivity index (χ2n) is 3.28. The molecule has 82 valence electrons. The van der Waals surface area contributed by atoms with Crippen LogP contribution in [-0.4, -0.2) is 18.5 Å². The zero-order valence-electron chi connectivity index (χ0n) is 8.59. The quantitative estimate of drug-likeness (QED) is 0.589. The van der Waals surface area contributed by atoms with Gasteiger partial charge in [-0.1, -0.05) is 12.1 Å². The molecule has 1 aromatic carbocycles. The Hall–Kier alpha value is -1.09. The van der Waals surface area contributed by atoms with Gasteiger partial charge in [-0.25, -0.2) is 4.39 Å². The number of halogens is 2. The van der Waals surface area contributed by atoms with Crippen LogP contribution in [0, 0.1) is 12.7 Å². The lowest BCUT2D eigenvalue weighted by molar-refractivity contribution is -0.140. The molecule has 0 aromatic heterocycles. The van der Waals surface area contributed by atoms with E-state index in [1.165, 1.54) is 13.2 Å². The number of alkyl halides is 1. The summed E-state index contributed by atoms with van der Waals surface area (Å²) in [6, 6.07) is 4.65. The van der Waals surface area contributed by atoms with Crippen LogP contribution in [0.25, 0.3) is 0 Å². The Morgan fingerprint density at radius 1 is 1.60 bits per heavy atom. The van der Waals surface area contributed by atoms with Crippen LogP contribution in [0.1, 0.15) is 11.1 Å². The molecule has 0 fully saturated rings. The molecule has 0 saturated heterocycles. The van der Waals surface area contributed by atoms with Crippen LogP contribution in [0.3, 0.4) is 0 Å². The summed E-state index contributed by atoms with van der Waals surface area (Å²) < 4.78 is 17.4. The highest BCUT2D eigenvalue weighted by atomic mass is 35.5.